The smallest absolute Gasteiger partial charge is 0.253 e. The van der Waals surface area contributed by atoms with E-state index in [1.54, 1.807) is 20.4 Å². The number of hydrogen-bond acceptors (Lipinski definition) is 7. The molecule has 3 aromatic rings. The van der Waals surface area contributed by atoms with E-state index in [0.717, 1.165) is 42.6 Å². The molecule has 1 aromatic heterocycles. The lowest BCUT2D eigenvalue weighted by molar-refractivity contribution is 0.0644. The number of likely N-dealkylation sites (tertiary alicyclic amines) is 2. The van der Waals surface area contributed by atoms with Gasteiger partial charge in [-0.2, -0.15) is 0 Å². The van der Waals surface area contributed by atoms with E-state index < -0.39 is 0 Å². The molecule has 0 radical (unpaired) electrons. The van der Waals surface area contributed by atoms with Gasteiger partial charge in [-0.05, 0) is 80.2 Å². The second kappa shape index (κ2) is 11.7. The van der Waals surface area contributed by atoms with Gasteiger partial charge in [-0.25, -0.2) is 4.98 Å². The van der Waals surface area contributed by atoms with Gasteiger partial charge >= 0.3 is 0 Å². The molecule has 3 heterocycles. The Balaban J connectivity index is 1.22. The molecule has 2 fully saturated rings. The Morgan fingerprint density at radius 1 is 0.921 bits per heavy atom. The molecule has 0 unspecified atom stereocenters. The molecule has 0 aliphatic carbocycles. The fourth-order valence-corrected chi connectivity index (χ4v) is 5.37. The number of nitrogens with zero attached hydrogens (tertiary/aromatic N) is 3. The van der Waals surface area contributed by atoms with Crippen molar-refractivity contribution >= 4 is 11.7 Å². The van der Waals surface area contributed by atoms with Crippen LogP contribution in [0.3, 0.4) is 0 Å². The van der Waals surface area contributed by atoms with E-state index in [2.05, 4.69) is 9.88 Å². The number of nitrogen functional groups attached to an aromatic ring is 1. The molecule has 1 amide bonds. The lowest BCUT2D eigenvalue weighted by Gasteiger charge is -2.36. The summed E-state index contributed by atoms with van der Waals surface area (Å²) in [4.78, 5) is 22.1. The van der Waals surface area contributed by atoms with Gasteiger partial charge in [-0.3, -0.25) is 4.79 Å². The molecule has 2 aromatic carbocycles. The highest BCUT2D eigenvalue weighted by Crippen LogP contribution is 2.30. The van der Waals surface area contributed by atoms with Crippen LogP contribution in [0.1, 0.15) is 41.6 Å². The summed E-state index contributed by atoms with van der Waals surface area (Å²) in [7, 11) is 3.22. The van der Waals surface area contributed by atoms with Crippen molar-refractivity contribution in [2.45, 2.75) is 38.3 Å². The zero-order valence-electron chi connectivity index (χ0n) is 22.2. The van der Waals surface area contributed by atoms with Gasteiger partial charge in [-0.1, -0.05) is 12.1 Å². The predicted octanol–water partition coefficient (Wildman–Crippen LogP) is 4.63. The van der Waals surface area contributed by atoms with Crippen LogP contribution >= 0.6 is 0 Å². The molecule has 8 nitrogen and oxygen atoms in total. The van der Waals surface area contributed by atoms with Crippen molar-refractivity contribution in [1.29, 1.82) is 0 Å². The van der Waals surface area contributed by atoms with E-state index >= 15 is 0 Å². The number of pyridine rings is 1. The molecular formula is C30H36N4O4. The number of benzene rings is 2. The SMILES string of the molecule is COc1cc(COc2cc(-c3ccc(C(=O)N4CCC(N5CCCC5)CC4)cc3)cnc2N)cc(OC)c1. The first-order valence-corrected chi connectivity index (χ1v) is 13.3. The van der Waals surface area contributed by atoms with Crippen LogP contribution in [0.2, 0.25) is 0 Å². The van der Waals surface area contributed by atoms with E-state index in [9.17, 15) is 4.79 Å². The molecule has 200 valence electrons. The van der Waals surface area contributed by atoms with Gasteiger partial charge < -0.3 is 29.7 Å². The number of anilines is 1. The summed E-state index contributed by atoms with van der Waals surface area (Å²) < 4.78 is 16.7. The second-order valence-electron chi connectivity index (χ2n) is 9.96. The average molecular weight is 517 g/mol. The van der Waals surface area contributed by atoms with Gasteiger partial charge in [0, 0.05) is 42.5 Å². The number of aromatic nitrogens is 1. The summed E-state index contributed by atoms with van der Waals surface area (Å²) in [6.45, 7) is 4.35. The highest BCUT2D eigenvalue weighted by molar-refractivity contribution is 5.94. The first-order valence-electron chi connectivity index (χ1n) is 13.3. The van der Waals surface area contributed by atoms with Gasteiger partial charge in [-0.15, -0.1) is 0 Å². The maximum Gasteiger partial charge on any atom is 0.253 e. The van der Waals surface area contributed by atoms with Gasteiger partial charge in [0.25, 0.3) is 5.91 Å². The number of amides is 1. The van der Waals surface area contributed by atoms with E-state index in [1.165, 1.54) is 25.9 Å². The first kappa shape index (κ1) is 25.9. The first-order chi connectivity index (χ1) is 18.5. The van der Waals surface area contributed by atoms with E-state index in [0.29, 0.717) is 34.7 Å². The van der Waals surface area contributed by atoms with Crippen molar-refractivity contribution in [3.63, 3.8) is 0 Å². The van der Waals surface area contributed by atoms with E-state index in [1.807, 2.05) is 53.4 Å². The molecule has 2 aliphatic heterocycles. The standard InChI is InChI=1S/C30H36N4O4/c1-36-26-15-21(16-27(18-26)37-2)20-38-28-17-24(19-32-29(28)31)22-5-7-23(8-6-22)30(35)34-13-9-25(10-14-34)33-11-3-4-12-33/h5-8,15-19,25H,3-4,9-14,20H2,1-2H3,(H2,31,32). The summed E-state index contributed by atoms with van der Waals surface area (Å²) in [5, 5.41) is 0. The van der Waals surface area contributed by atoms with E-state index in [-0.39, 0.29) is 12.5 Å². The molecule has 0 atom stereocenters. The minimum absolute atomic E-state index is 0.101. The zero-order chi connectivity index (χ0) is 26.5. The Morgan fingerprint density at radius 3 is 2.21 bits per heavy atom. The Labute approximate surface area is 224 Å². The van der Waals surface area contributed by atoms with Crippen LogP contribution in [0.5, 0.6) is 17.2 Å². The number of carbonyl (C=O) groups is 1. The lowest BCUT2D eigenvalue weighted by Crippen LogP contribution is -2.45. The maximum absolute atomic E-state index is 13.1. The number of methoxy groups -OCH3 is 2. The Bertz CT molecular complexity index is 1230. The largest absolute Gasteiger partial charge is 0.497 e. The van der Waals surface area contributed by atoms with Crippen molar-refractivity contribution in [1.82, 2.24) is 14.8 Å². The fourth-order valence-electron chi connectivity index (χ4n) is 5.37. The monoisotopic (exact) mass is 516 g/mol. The Kier molecular flexibility index (Phi) is 7.98. The number of hydrogen-bond donors (Lipinski definition) is 1. The Hall–Kier alpha value is -3.78. The number of rotatable bonds is 8. The van der Waals surface area contributed by atoms with Gasteiger partial charge in [0.2, 0.25) is 0 Å². The molecule has 8 heteroatoms. The normalized spacial score (nSPS) is 16.4. The van der Waals surface area contributed by atoms with E-state index in [4.69, 9.17) is 19.9 Å². The molecule has 5 rings (SSSR count). The molecule has 0 saturated carbocycles. The van der Waals surface area contributed by atoms with Crippen molar-refractivity contribution in [2.24, 2.45) is 0 Å². The minimum atomic E-state index is 0.101. The van der Waals surface area contributed by atoms with Crippen molar-refractivity contribution in [3.8, 4) is 28.4 Å². The molecule has 0 spiro atoms. The number of carbonyl (C=O) groups excluding carboxylic acids is 1. The van der Waals surface area contributed by atoms with Crippen LogP contribution in [-0.2, 0) is 6.61 Å². The van der Waals surface area contributed by atoms with Crippen molar-refractivity contribution in [2.75, 3.05) is 46.1 Å². The summed E-state index contributed by atoms with van der Waals surface area (Å²) >= 11 is 0. The van der Waals surface area contributed by atoms with Crippen LogP contribution in [0.15, 0.2) is 54.7 Å². The van der Waals surface area contributed by atoms with Crippen LogP contribution in [0, 0.1) is 0 Å². The molecule has 2 aliphatic rings. The fraction of sp³-hybridized carbons (Fsp3) is 0.400. The Morgan fingerprint density at radius 2 is 1.58 bits per heavy atom. The third-order valence-corrected chi connectivity index (χ3v) is 7.56. The summed E-state index contributed by atoms with van der Waals surface area (Å²) in [6, 6.07) is 15.8. The minimum Gasteiger partial charge on any atom is -0.497 e. The number of ether oxygens (including phenoxy) is 3. The quantitative estimate of drug-likeness (QED) is 0.467. The van der Waals surface area contributed by atoms with Crippen molar-refractivity contribution < 1.29 is 19.0 Å². The van der Waals surface area contributed by atoms with Crippen LogP contribution < -0.4 is 19.9 Å². The van der Waals surface area contributed by atoms with Crippen LogP contribution in [0.4, 0.5) is 5.82 Å². The zero-order valence-corrected chi connectivity index (χ0v) is 22.2. The highest BCUT2D eigenvalue weighted by atomic mass is 16.5. The second-order valence-corrected chi connectivity index (χ2v) is 9.96. The lowest BCUT2D eigenvalue weighted by atomic mass is 10.0. The maximum atomic E-state index is 13.1. The van der Waals surface area contributed by atoms with Gasteiger partial charge in [0.05, 0.1) is 14.2 Å². The predicted molar refractivity (Wildman–Crippen MR) is 148 cm³/mol. The average Bonchev–Trinajstić information content (AvgIpc) is 3.51. The molecule has 0 bridgehead atoms. The molecule has 2 N–H and O–H groups in total. The number of nitrogens with two attached hydrogens (primary N) is 1. The summed E-state index contributed by atoms with van der Waals surface area (Å²) in [6.07, 6.45) is 6.45. The van der Waals surface area contributed by atoms with Crippen LogP contribution in [-0.4, -0.2) is 67.1 Å². The third kappa shape index (κ3) is 5.86. The topological polar surface area (TPSA) is 90.2 Å². The highest BCUT2D eigenvalue weighted by Gasteiger charge is 2.28. The third-order valence-electron chi connectivity index (χ3n) is 7.56. The molecule has 2 saturated heterocycles. The van der Waals surface area contributed by atoms with Gasteiger partial charge in [0.1, 0.15) is 18.1 Å². The summed E-state index contributed by atoms with van der Waals surface area (Å²) in [5.41, 5.74) is 9.50. The van der Waals surface area contributed by atoms with Gasteiger partial charge in [0.15, 0.2) is 11.6 Å². The molecule has 38 heavy (non-hydrogen) atoms. The number of piperidine rings is 1. The van der Waals surface area contributed by atoms with Crippen molar-refractivity contribution in [3.05, 3.63) is 65.9 Å². The summed E-state index contributed by atoms with van der Waals surface area (Å²) in [5.74, 6) is 2.28. The molecular weight excluding hydrogens is 480 g/mol. The van der Waals surface area contributed by atoms with Crippen LogP contribution in [0.25, 0.3) is 11.1 Å².